The molecule has 0 aliphatic heterocycles. The molecule has 134 valence electrons. The van der Waals surface area contributed by atoms with Crippen LogP contribution in [0.15, 0.2) is 53.4 Å². The van der Waals surface area contributed by atoms with Crippen molar-refractivity contribution in [3.05, 3.63) is 65.4 Å². The number of anilines is 1. The van der Waals surface area contributed by atoms with E-state index in [0.29, 0.717) is 5.69 Å². The van der Waals surface area contributed by atoms with Gasteiger partial charge in [0.15, 0.2) is 0 Å². The third kappa shape index (κ3) is 3.24. The van der Waals surface area contributed by atoms with Crippen LogP contribution in [-0.2, 0) is 22.9 Å². The number of sulfonamides is 1. The Morgan fingerprint density at radius 2 is 1.65 bits per heavy atom. The summed E-state index contributed by atoms with van der Waals surface area (Å²) in [6, 6.07) is 14.2. The molecule has 0 radical (unpaired) electrons. The van der Waals surface area contributed by atoms with Crippen LogP contribution in [0.1, 0.15) is 29.7 Å². The summed E-state index contributed by atoms with van der Waals surface area (Å²) in [6.45, 7) is 1.93. The Balaban J connectivity index is 1.56. The predicted molar refractivity (Wildman–Crippen MR) is 103 cm³/mol. The molecule has 0 fully saturated rings. The second kappa shape index (κ2) is 6.61. The monoisotopic (exact) mass is 367 g/mol. The van der Waals surface area contributed by atoms with Crippen molar-refractivity contribution in [2.75, 3.05) is 4.72 Å². The van der Waals surface area contributed by atoms with Gasteiger partial charge in [-0.3, -0.25) is 9.82 Å². The van der Waals surface area contributed by atoms with Crippen LogP contribution in [0, 0.1) is 6.92 Å². The second-order valence-electron chi connectivity index (χ2n) is 6.73. The maximum absolute atomic E-state index is 12.5. The molecule has 2 aromatic carbocycles. The summed E-state index contributed by atoms with van der Waals surface area (Å²) in [5.41, 5.74) is 6.07. The summed E-state index contributed by atoms with van der Waals surface area (Å²) < 4.78 is 27.6. The Morgan fingerprint density at radius 1 is 0.962 bits per heavy atom. The van der Waals surface area contributed by atoms with Crippen molar-refractivity contribution in [3.8, 4) is 11.3 Å². The van der Waals surface area contributed by atoms with Gasteiger partial charge in [-0.1, -0.05) is 29.8 Å². The molecule has 0 bridgehead atoms. The number of benzene rings is 2. The first-order chi connectivity index (χ1) is 12.5. The fraction of sp³-hybridized carbons (Fsp3) is 0.250. The van der Waals surface area contributed by atoms with E-state index in [-0.39, 0.29) is 4.90 Å². The van der Waals surface area contributed by atoms with Gasteiger partial charge in [0.25, 0.3) is 10.0 Å². The number of H-pyrrole nitrogens is 1. The summed E-state index contributed by atoms with van der Waals surface area (Å²) in [4.78, 5) is 0.258. The first-order valence-electron chi connectivity index (χ1n) is 8.79. The SMILES string of the molecule is Cc1ccc(S(=O)(=O)Nc2ccc(-c3n[nH]c4c3CCCC4)cc2)cc1. The highest BCUT2D eigenvalue weighted by atomic mass is 32.2. The van der Waals surface area contributed by atoms with E-state index in [9.17, 15) is 8.42 Å². The molecule has 1 aliphatic rings. The van der Waals surface area contributed by atoms with E-state index in [4.69, 9.17) is 0 Å². The Bertz CT molecular complexity index is 1020. The lowest BCUT2D eigenvalue weighted by atomic mass is 9.94. The summed E-state index contributed by atoms with van der Waals surface area (Å²) in [5, 5.41) is 7.61. The van der Waals surface area contributed by atoms with E-state index in [1.165, 1.54) is 24.1 Å². The summed E-state index contributed by atoms with van der Waals surface area (Å²) in [6.07, 6.45) is 4.49. The first-order valence-corrected chi connectivity index (χ1v) is 10.3. The summed E-state index contributed by atoms with van der Waals surface area (Å²) in [5.74, 6) is 0. The average molecular weight is 367 g/mol. The van der Waals surface area contributed by atoms with Gasteiger partial charge < -0.3 is 0 Å². The van der Waals surface area contributed by atoms with E-state index >= 15 is 0 Å². The largest absolute Gasteiger partial charge is 0.282 e. The average Bonchev–Trinajstić information content (AvgIpc) is 3.07. The van der Waals surface area contributed by atoms with Crippen LogP contribution in [0.25, 0.3) is 11.3 Å². The molecule has 4 rings (SSSR count). The van der Waals surface area contributed by atoms with Gasteiger partial charge in [0, 0.05) is 22.5 Å². The van der Waals surface area contributed by atoms with E-state index in [1.807, 2.05) is 19.1 Å². The standard InChI is InChI=1S/C20H21N3O2S/c1-14-6-12-17(13-7-14)26(24,25)23-16-10-8-15(9-11-16)20-18-4-2-3-5-19(18)21-22-20/h6-13,23H,2-5H2,1H3,(H,21,22). The third-order valence-corrected chi connectivity index (χ3v) is 6.20. The number of nitrogens with one attached hydrogen (secondary N) is 2. The van der Waals surface area contributed by atoms with Crippen LogP contribution >= 0.6 is 0 Å². The highest BCUT2D eigenvalue weighted by Crippen LogP contribution is 2.30. The van der Waals surface area contributed by atoms with Gasteiger partial charge in [-0.25, -0.2) is 8.42 Å². The lowest BCUT2D eigenvalue weighted by Crippen LogP contribution is -2.12. The van der Waals surface area contributed by atoms with Crippen molar-refractivity contribution in [3.63, 3.8) is 0 Å². The smallest absolute Gasteiger partial charge is 0.261 e. The highest BCUT2D eigenvalue weighted by Gasteiger charge is 2.18. The number of aryl methyl sites for hydroxylation is 2. The van der Waals surface area contributed by atoms with Crippen molar-refractivity contribution in [2.45, 2.75) is 37.5 Å². The molecule has 0 saturated carbocycles. The van der Waals surface area contributed by atoms with Crippen LogP contribution in [0.5, 0.6) is 0 Å². The molecule has 6 heteroatoms. The Labute approximate surface area is 153 Å². The van der Waals surface area contributed by atoms with Crippen molar-refractivity contribution in [1.82, 2.24) is 10.2 Å². The number of aromatic amines is 1. The topological polar surface area (TPSA) is 74.8 Å². The van der Waals surface area contributed by atoms with Crippen molar-refractivity contribution >= 4 is 15.7 Å². The fourth-order valence-corrected chi connectivity index (χ4v) is 4.41. The van der Waals surface area contributed by atoms with Crippen molar-refractivity contribution in [2.24, 2.45) is 0 Å². The number of aromatic nitrogens is 2. The van der Waals surface area contributed by atoms with E-state index in [0.717, 1.165) is 29.7 Å². The molecule has 1 aliphatic carbocycles. The number of hydrogen-bond donors (Lipinski definition) is 2. The van der Waals surface area contributed by atoms with Gasteiger partial charge >= 0.3 is 0 Å². The quantitative estimate of drug-likeness (QED) is 0.730. The van der Waals surface area contributed by atoms with Gasteiger partial charge in [-0.05, 0) is 56.9 Å². The number of fused-ring (bicyclic) bond motifs is 1. The minimum Gasteiger partial charge on any atom is -0.282 e. The maximum atomic E-state index is 12.5. The molecule has 0 spiro atoms. The molecule has 5 nitrogen and oxygen atoms in total. The van der Waals surface area contributed by atoms with E-state index in [2.05, 4.69) is 14.9 Å². The molecule has 1 aromatic heterocycles. The van der Waals surface area contributed by atoms with Crippen LogP contribution < -0.4 is 4.72 Å². The molecule has 3 aromatic rings. The minimum absolute atomic E-state index is 0.258. The van der Waals surface area contributed by atoms with E-state index in [1.54, 1.807) is 36.4 Å². The summed E-state index contributed by atoms with van der Waals surface area (Å²) >= 11 is 0. The maximum Gasteiger partial charge on any atom is 0.261 e. The molecular formula is C20H21N3O2S. The number of hydrogen-bond acceptors (Lipinski definition) is 3. The van der Waals surface area contributed by atoms with Gasteiger partial charge in [0.1, 0.15) is 0 Å². The predicted octanol–water partition coefficient (Wildman–Crippen LogP) is 4.06. The van der Waals surface area contributed by atoms with Gasteiger partial charge in [-0.15, -0.1) is 0 Å². The zero-order valence-corrected chi connectivity index (χ0v) is 15.4. The zero-order valence-electron chi connectivity index (χ0n) is 14.6. The normalized spacial score (nSPS) is 14.0. The van der Waals surface area contributed by atoms with Crippen LogP contribution in [0.4, 0.5) is 5.69 Å². The molecule has 1 heterocycles. The Hall–Kier alpha value is -2.60. The molecule has 0 atom stereocenters. The molecule has 2 N–H and O–H groups in total. The lowest BCUT2D eigenvalue weighted by molar-refractivity contribution is 0.601. The van der Waals surface area contributed by atoms with Gasteiger partial charge in [0.2, 0.25) is 0 Å². The highest BCUT2D eigenvalue weighted by molar-refractivity contribution is 7.92. The van der Waals surface area contributed by atoms with E-state index < -0.39 is 10.0 Å². The molecular weight excluding hydrogens is 346 g/mol. The summed E-state index contributed by atoms with van der Waals surface area (Å²) in [7, 11) is -3.58. The molecule has 0 unspecified atom stereocenters. The van der Waals surface area contributed by atoms with Crippen LogP contribution in [0.2, 0.25) is 0 Å². The number of rotatable bonds is 4. The molecule has 0 saturated heterocycles. The Morgan fingerprint density at radius 3 is 2.38 bits per heavy atom. The van der Waals surface area contributed by atoms with Crippen molar-refractivity contribution in [1.29, 1.82) is 0 Å². The Kier molecular flexibility index (Phi) is 4.28. The van der Waals surface area contributed by atoms with Crippen LogP contribution in [-0.4, -0.2) is 18.6 Å². The van der Waals surface area contributed by atoms with Gasteiger partial charge in [-0.2, -0.15) is 5.10 Å². The second-order valence-corrected chi connectivity index (χ2v) is 8.41. The molecule has 26 heavy (non-hydrogen) atoms. The lowest BCUT2D eigenvalue weighted by Gasteiger charge is -2.12. The van der Waals surface area contributed by atoms with Crippen LogP contribution in [0.3, 0.4) is 0 Å². The zero-order chi connectivity index (χ0) is 18.1. The van der Waals surface area contributed by atoms with Gasteiger partial charge in [0.05, 0.1) is 10.6 Å². The fourth-order valence-electron chi connectivity index (χ4n) is 3.35. The van der Waals surface area contributed by atoms with Crippen molar-refractivity contribution < 1.29 is 8.42 Å². The molecule has 0 amide bonds. The number of nitrogens with zero attached hydrogens (tertiary/aromatic N) is 1. The third-order valence-electron chi connectivity index (χ3n) is 4.80. The first kappa shape index (κ1) is 16.8. The minimum atomic E-state index is -3.58.